The number of aromatic nitrogens is 3. The third kappa shape index (κ3) is 4.28. The molecule has 0 radical (unpaired) electrons. The molecule has 1 aliphatic carbocycles. The van der Waals surface area contributed by atoms with Crippen LogP contribution in [0.5, 0.6) is 0 Å². The quantitative estimate of drug-likeness (QED) is 0.475. The van der Waals surface area contributed by atoms with Crippen molar-refractivity contribution in [2.75, 3.05) is 18.4 Å². The minimum absolute atomic E-state index is 0.251. The van der Waals surface area contributed by atoms with Crippen LogP contribution in [0.1, 0.15) is 31.0 Å². The van der Waals surface area contributed by atoms with Crippen molar-refractivity contribution in [1.82, 2.24) is 25.8 Å². The number of hydrogen-bond acceptors (Lipinski definition) is 5. The molecule has 4 heterocycles. The fourth-order valence-corrected chi connectivity index (χ4v) is 5.33. The van der Waals surface area contributed by atoms with Crippen LogP contribution in [0.4, 0.5) is 10.2 Å². The lowest BCUT2D eigenvalue weighted by atomic mass is 9.88. The lowest BCUT2D eigenvalue weighted by molar-refractivity contribution is 0.426. The van der Waals surface area contributed by atoms with Crippen molar-refractivity contribution in [2.45, 2.75) is 26.3 Å². The van der Waals surface area contributed by atoms with Crippen LogP contribution in [-0.2, 0) is 6.54 Å². The zero-order chi connectivity index (χ0) is 23.8. The van der Waals surface area contributed by atoms with Gasteiger partial charge in [-0.3, -0.25) is 5.10 Å². The highest BCUT2D eigenvalue weighted by molar-refractivity contribution is 5.81. The molecule has 35 heavy (non-hydrogen) atoms. The first-order valence-electron chi connectivity index (χ1n) is 12.3. The van der Waals surface area contributed by atoms with E-state index in [-0.39, 0.29) is 5.82 Å². The van der Waals surface area contributed by atoms with E-state index in [1.54, 1.807) is 18.3 Å². The molecule has 178 valence electrons. The van der Waals surface area contributed by atoms with E-state index in [4.69, 9.17) is 5.10 Å². The van der Waals surface area contributed by atoms with E-state index in [2.05, 4.69) is 51.2 Å². The number of pyridine rings is 1. The summed E-state index contributed by atoms with van der Waals surface area (Å²) in [5.41, 5.74) is 5.89. The summed E-state index contributed by atoms with van der Waals surface area (Å²) in [6.45, 7) is 4.92. The molecule has 0 saturated carbocycles. The van der Waals surface area contributed by atoms with Crippen LogP contribution in [-0.4, -0.2) is 28.3 Å². The third-order valence-electron chi connectivity index (χ3n) is 7.06. The maximum absolute atomic E-state index is 13.9. The second-order valence-electron chi connectivity index (χ2n) is 9.52. The number of aromatic amines is 1. The number of nitrogens with one attached hydrogen (secondary N) is 4. The average Bonchev–Trinajstić information content (AvgIpc) is 3.03. The van der Waals surface area contributed by atoms with Crippen molar-refractivity contribution in [2.24, 2.45) is 11.8 Å². The van der Waals surface area contributed by atoms with Gasteiger partial charge in [0.15, 0.2) is 0 Å². The van der Waals surface area contributed by atoms with Gasteiger partial charge in [0.2, 0.25) is 0 Å². The SMILES string of the molecule is CC1C=C(C2CCNCC2)C=c2c(C3=CNCc4c(-c5cccc(F)c5)ccnc4N3)n[nH]c2=C1. The van der Waals surface area contributed by atoms with E-state index < -0.39 is 0 Å². The highest BCUT2D eigenvalue weighted by Gasteiger charge is 2.21. The van der Waals surface area contributed by atoms with Gasteiger partial charge in [-0.1, -0.05) is 31.2 Å². The molecule has 3 aliphatic rings. The minimum atomic E-state index is -0.251. The molecule has 2 aliphatic heterocycles. The summed E-state index contributed by atoms with van der Waals surface area (Å²) in [6, 6.07) is 8.61. The van der Waals surface area contributed by atoms with E-state index in [0.29, 0.717) is 18.4 Å². The van der Waals surface area contributed by atoms with Gasteiger partial charge in [-0.25, -0.2) is 9.37 Å². The van der Waals surface area contributed by atoms with Gasteiger partial charge >= 0.3 is 0 Å². The molecular formula is C28H29FN6. The van der Waals surface area contributed by atoms with Crippen LogP contribution in [0, 0.1) is 17.7 Å². The molecule has 2 aromatic heterocycles. The second-order valence-corrected chi connectivity index (χ2v) is 9.52. The normalized spacial score (nSPS) is 19.9. The number of hydrogen-bond donors (Lipinski definition) is 4. The molecule has 6 rings (SSSR count). The third-order valence-corrected chi connectivity index (χ3v) is 7.06. The number of allylic oxidation sites excluding steroid dienone is 2. The molecule has 0 spiro atoms. The molecule has 7 heteroatoms. The number of rotatable bonds is 3. The Balaban J connectivity index is 1.39. The van der Waals surface area contributed by atoms with Gasteiger partial charge in [0.25, 0.3) is 0 Å². The van der Waals surface area contributed by atoms with Gasteiger partial charge in [-0.05, 0) is 78.7 Å². The predicted octanol–water partition coefficient (Wildman–Crippen LogP) is 3.26. The van der Waals surface area contributed by atoms with Crippen LogP contribution in [0.25, 0.3) is 29.0 Å². The maximum atomic E-state index is 13.9. The van der Waals surface area contributed by atoms with E-state index in [0.717, 1.165) is 70.4 Å². The maximum Gasteiger partial charge on any atom is 0.136 e. The molecule has 1 unspecified atom stereocenters. The first-order valence-corrected chi connectivity index (χ1v) is 12.3. The van der Waals surface area contributed by atoms with E-state index >= 15 is 0 Å². The van der Waals surface area contributed by atoms with Crippen LogP contribution in [0.15, 0.2) is 54.4 Å². The largest absolute Gasteiger partial charge is 0.385 e. The summed E-state index contributed by atoms with van der Waals surface area (Å²) in [7, 11) is 0. The number of piperidine rings is 1. The monoisotopic (exact) mass is 468 g/mol. The zero-order valence-electron chi connectivity index (χ0n) is 19.7. The number of fused-ring (bicyclic) bond motifs is 2. The van der Waals surface area contributed by atoms with Crippen molar-refractivity contribution >= 4 is 23.7 Å². The van der Waals surface area contributed by atoms with Gasteiger partial charge in [-0.15, -0.1) is 0 Å². The van der Waals surface area contributed by atoms with Gasteiger partial charge in [0.05, 0.1) is 11.0 Å². The van der Waals surface area contributed by atoms with Gasteiger partial charge < -0.3 is 16.0 Å². The van der Waals surface area contributed by atoms with E-state index in [1.807, 2.05) is 18.3 Å². The van der Waals surface area contributed by atoms with Crippen molar-refractivity contribution in [3.8, 4) is 11.1 Å². The number of anilines is 1. The highest BCUT2D eigenvalue weighted by Crippen LogP contribution is 2.31. The first kappa shape index (κ1) is 21.8. The summed E-state index contributed by atoms with van der Waals surface area (Å²) in [6.07, 6.45) is 13.0. The summed E-state index contributed by atoms with van der Waals surface area (Å²) >= 11 is 0. The molecule has 1 aromatic carbocycles. The molecule has 0 bridgehead atoms. The Morgan fingerprint density at radius 2 is 1.97 bits per heavy atom. The van der Waals surface area contributed by atoms with Crippen molar-refractivity contribution in [3.05, 3.63) is 82.0 Å². The van der Waals surface area contributed by atoms with E-state index in [9.17, 15) is 4.39 Å². The Kier molecular flexibility index (Phi) is 5.70. The molecule has 1 saturated heterocycles. The molecule has 0 amide bonds. The fourth-order valence-electron chi connectivity index (χ4n) is 5.33. The summed E-state index contributed by atoms with van der Waals surface area (Å²) in [5, 5.41) is 20.5. The predicted molar refractivity (Wildman–Crippen MR) is 138 cm³/mol. The Morgan fingerprint density at radius 1 is 1.09 bits per heavy atom. The minimum Gasteiger partial charge on any atom is -0.385 e. The van der Waals surface area contributed by atoms with Gasteiger partial charge in [0, 0.05) is 29.7 Å². The summed E-state index contributed by atoms with van der Waals surface area (Å²) in [5.74, 6) is 1.39. The van der Waals surface area contributed by atoms with Crippen LogP contribution in [0.3, 0.4) is 0 Å². The van der Waals surface area contributed by atoms with Crippen LogP contribution < -0.4 is 26.5 Å². The Labute approximate surface area is 203 Å². The van der Waals surface area contributed by atoms with Gasteiger partial charge in [0.1, 0.15) is 17.3 Å². The van der Waals surface area contributed by atoms with Crippen molar-refractivity contribution in [3.63, 3.8) is 0 Å². The van der Waals surface area contributed by atoms with Crippen molar-refractivity contribution < 1.29 is 4.39 Å². The molecule has 1 atom stereocenters. The van der Waals surface area contributed by atoms with E-state index in [1.165, 1.54) is 11.6 Å². The number of halogens is 1. The second kappa shape index (κ2) is 9.15. The number of H-pyrrole nitrogens is 1. The standard InChI is InChI=1S/C28H29FN6/c1-17-11-20(18-5-8-30-9-6-18)14-23-25(12-17)34-35-27(23)26-16-31-15-24-22(7-10-32-28(24)33-26)19-3-2-4-21(29)13-19/h2-4,7,10-14,16-18,30-31,34H,5-6,8-9,15H2,1H3,(H,32,33). The lowest BCUT2D eigenvalue weighted by Gasteiger charge is -2.24. The Morgan fingerprint density at radius 3 is 2.83 bits per heavy atom. The highest BCUT2D eigenvalue weighted by atomic mass is 19.1. The van der Waals surface area contributed by atoms with Crippen LogP contribution >= 0.6 is 0 Å². The Hall–Kier alpha value is -3.71. The fraction of sp³-hybridized carbons (Fsp3) is 0.286. The average molecular weight is 469 g/mol. The lowest BCUT2D eigenvalue weighted by Crippen LogP contribution is -2.30. The van der Waals surface area contributed by atoms with Crippen molar-refractivity contribution in [1.29, 1.82) is 0 Å². The zero-order valence-corrected chi connectivity index (χ0v) is 19.7. The molecule has 4 N–H and O–H groups in total. The summed E-state index contributed by atoms with van der Waals surface area (Å²) in [4.78, 5) is 4.62. The molecule has 1 fully saturated rings. The molecular weight excluding hydrogens is 439 g/mol. The topological polar surface area (TPSA) is 77.7 Å². The molecule has 3 aromatic rings. The number of benzene rings is 1. The Bertz CT molecular complexity index is 1440. The first-order chi connectivity index (χ1) is 17.2. The van der Waals surface area contributed by atoms with Crippen LogP contribution in [0.2, 0.25) is 0 Å². The molecule has 6 nitrogen and oxygen atoms in total. The summed E-state index contributed by atoms with van der Waals surface area (Å²) < 4.78 is 13.9. The van der Waals surface area contributed by atoms with Gasteiger partial charge in [-0.2, -0.15) is 5.10 Å². The smallest absolute Gasteiger partial charge is 0.136 e. The number of nitrogens with zero attached hydrogens (tertiary/aromatic N) is 2.